The van der Waals surface area contributed by atoms with Crippen LogP contribution in [0.25, 0.3) is 0 Å². The predicted molar refractivity (Wildman–Crippen MR) is 101 cm³/mol. The first-order valence-corrected chi connectivity index (χ1v) is 9.51. The van der Waals surface area contributed by atoms with Gasteiger partial charge in [0.15, 0.2) is 0 Å². The molecule has 2 amide bonds. The van der Waals surface area contributed by atoms with Gasteiger partial charge in [0.1, 0.15) is 11.2 Å². The maximum atomic E-state index is 12.0. The Morgan fingerprint density at radius 3 is 1.70 bits per heavy atom. The maximum Gasteiger partial charge on any atom is 0.256 e. The first-order chi connectivity index (χ1) is 12.3. The van der Waals surface area contributed by atoms with Gasteiger partial charge >= 0.3 is 0 Å². The fraction of sp³-hybridized carbons (Fsp3) is 0.800. The minimum Gasteiger partial charge on any atom is -0.275 e. The van der Waals surface area contributed by atoms with E-state index in [1.807, 2.05) is 55.4 Å². The van der Waals surface area contributed by atoms with Gasteiger partial charge in [0.05, 0.1) is 0 Å². The Balaban J connectivity index is 2.72. The Kier molecular flexibility index (Phi) is 8.16. The molecule has 27 heavy (non-hydrogen) atoms. The normalized spacial score (nSPS) is 16.3. The summed E-state index contributed by atoms with van der Waals surface area (Å²) < 4.78 is 0. The lowest BCUT2D eigenvalue weighted by atomic mass is 9.95. The monoisotopic (exact) mass is 385 g/mol. The quantitative estimate of drug-likeness (QED) is 0.233. The fourth-order valence-corrected chi connectivity index (χ4v) is 1.74. The highest BCUT2D eigenvalue weighted by molar-refractivity contribution is 6.15. The number of hydrogen-bond acceptors (Lipinski definition) is 6. The Hall–Kier alpha value is -1.28. The van der Waals surface area contributed by atoms with Gasteiger partial charge < -0.3 is 0 Å². The van der Waals surface area contributed by atoms with E-state index in [-0.39, 0.29) is 36.6 Å². The second kappa shape index (κ2) is 9.28. The zero-order chi connectivity index (χ0) is 21.0. The van der Waals surface area contributed by atoms with Crippen molar-refractivity contribution in [1.29, 1.82) is 0 Å². The summed E-state index contributed by atoms with van der Waals surface area (Å²) in [5.74, 6) is -0.215. The molecule has 7 nitrogen and oxygen atoms in total. The Morgan fingerprint density at radius 1 is 0.926 bits per heavy atom. The minimum atomic E-state index is -0.887. The predicted octanol–water partition coefficient (Wildman–Crippen LogP) is 3.78. The molecule has 0 N–H and O–H groups in total. The Morgan fingerprint density at radius 2 is 1.37 bits per heavy atom. The van der Waals surface area contributed by atoms with E-state index in [0.29, 0.717) is 5.57 Å². The van der Waals surface area contributed by atoms with Crippen LogP contribution in [0, 0.1) is 11.8 Å². The molecule has 0 aliphatic carbocycles. The summed E-state index contributed by atoms with van der Waals surface area (Å²) >= 11 is 0. The van der Waals surface area contributed by atoms with Crippen LogP contribution in [-0.2, 0) is 29.1 Å². The smallest absolute Gasteiger partial charge is 0.256 e. The largest absolute Gasteiger partial charge is 0.275 e. The third-order valence-corrected chi connectivity index (χ3v) is 5.30. The van der Waals surface area contributed by atoms with Crippen molar-refractivity contribution in [2.45, 2.75) is 86.2 Å². The van der Waals surface area contributed by atoms with Crippen LogP contribution in [0.4, 0.5) is 0 Å². The van der Waals surface area contributed by atoms with Crippen LogP contribution < -0.4 is 0 Å². The summed E-state index contributed by atoms with van der Waals surface area (Å²) in [6.07, 6.45) is 0.666. The first kappa shape index (κ1) is 23.8. The lowest BCUT2D eigenvalue weighted by Crippen LogP contribution is -2.39. The second-order valence-corrected chi connectivity index (χ2v) is 8.72. The molecule has 0 aromatic carbocycles. The highest BCUT2D eigenvalue weighted by Gasteiger charge is 2.32. The highest BCUT2D eigenvalue weighted by atomic mass is 17.3. The van der Waals surface area contributed by atoms with Crippen molar-refractivity contribution >= 4 is 11.8 Å². The second-order valence-electron chi connectivity index (χ2n) is 8.72. The van der Waals surface area contributed by atoms with E-state index in [1.165, 1.54) is 6.08 Å². The molecule has 0 fully saturated rings. The molecule has 0 saturated heterocycles. The Bertz CT molecular complexity index is 541. The standard InChI is InChI=1S/C20H35NO6/c1-13(2)19(6,7)26-24-17(25-27-20(8,9)14(3)4)10-11-21-16(22)12-15(5)18(21)23/h12-14,17H,10-11H2,1-9H3. The van der Waals surface area contributed by atoms with Gasteiger partial charge in [0.2, 0.25) is 6.29 Å². The van der Waals surface area contributed by atoms with Gasteiger partial charge in [-0.2, -0.15) is 0 Å². The maximum absolute atomic E-state index is 12.0. The van der Waals surface area contributed by atoms with E-state index in [9.17, 15) is 9.59 Å². The first-order valence-electron chi connectivity index (χ1n) is 9.51. The van der Waals surface area contributed by atoms with E-state index in [2.05, 4.69) is 0 Å². The van der Waals surface area contributed by atoms with Gasteiger partial charge in [-0.3, -0.25) is 14.5 Å². The van der Waals surface area contributed by atoms with Gasteiger partial charge in [-0.1, -0.05) is 27.7 Å². The fourth-order valence-electron chi connectivity index (χ4n) is 1.74. The van der Waals surface area contributed by atoms with E-state index < -0.39 is 17.5 Å². The van der Waals surface area contributed by atoms with Crippen molar-refractivity contribution in [3.63, 3.8) is 0 Å². The van der Waals surface area contributed by atoms with Gasteiger partial charge in [-0.05, 0) is 46.5 Å². The lowest BCUT2D eigenvalue weighted by Gasteiger charge is -2.32. The van der Waals surface area contributed by atoms with Crippen LogP contribution in [0.1, 0.15) is 68.7 Å². The number of imide groups is 1. The lowest BCUT2D eigenvalue weighted by molar-refractivity contribution is -0.505. The molecule has 156 valence electrons. The zero-order valence-corrected chi connectivity index (χ0v) is 18.1. The third-order valence-electron chi connectivity index (χ3n) is 5.30. The third kappa shape index (κ3) is 6.68. The van der Waals surface area contributed by atoms with Crippen molar-refractivity contribution in [2.24, 2.45) is 11.8 Å². The number of rotatable bonds is 11. The Labute approximate surface area is 162 Å². The molecule has 0 unspecified atom stereocenters. The average Bonchev–Trinajstić information content (AvgIpc) is 2.79. The molecular weight excluding hydrogens is 350 g/mol. The highest BCUT2D eigenvalue weighted by Crippen LogP contribution is 2.25. The number of nitrogens with zero attached hydrogens (tertiary/aromatic N) is 1. The molecule has 1 rings (SSSR count). The van der Waals surface area contributed by atoms with Gasteiger partial charge in [0, 0.05) is 24.6 Å². The van der Waals surface area contributed by atoms with Gasteiger partial charge in [-0.15, -0.1) is 0 Å². The number of carbonyl (C=O) groups is 2. The topological polar surface area (TPSA) is 74.3 Å². The van der Waals surface area contributed by atoms with Crippen molar-refractivity contribution < 1.29 is 29.1 Å². The SMILES string of the molecule is CC1=CC(=O)N(CCC(OOC(C)(C)C(C)C)OOC(C)(C)C(C)C)C1=O. The molecule has 0 aromatic rings. The van der Waals surface area contributed by atoms with Gasteiger partial charge in [-0.25, -0.2) is 19.6 Å². The number of carbonyl (C=O) groups excluding carboxylic acids is 2. The molecule has 1 aliphatic heterocycles. The summed E-state index contributed by atoms with van der Waals surface area (Å²) in [5, 5.41) is 0. The van der Waals surface area contributed by atoms with Crippen LogP contribution >= 0.6 is 0 Å². The molecule has 0 radical (unpaired) electrons. The average molecular weight is 386 g/mol. The minimum absolute atomic E-state index is 0.146. The van der Waals surface area contributed by atoms with E-state index in [4.69, 9.17) is 19.6 Å². The van der Waals surface area contributed by atoms with E-state index in [1.54, 1.807) is 6.92 Å². The van der Waals surface area contributed by atoms with Crippen molar-refractivity contribution in [2.75, 3.05) is 6.54 Å². The number of amides is 2. The number of hydrogen-bond donors (Lipinski definition) is 0. The van der Waals surface area contributed by atoms with Gasteiger partial charge in [0.25, 0.3) is 11.8 Å². The molecule has 1 aliphatic rings. The van der Waals surface area contributed by atoms with E-state index >= 15 is 0 Å². The molecule has 7 heteroatoms. The van der Waals surface area contributed by atoms with Crippen molar-refractivity contribution in [3.8, 4) is 0 Å². The summed E-state index contributed by atoms with van der Waals surface area (Å²) in [6, 6.07) is 0. The summed E-state index contributed by atoms with van der Waals surface area (Å²) in [5.41, 5.74) is -0.646. The summed E-state index contributed by atoms with van der Waals surface area (Å²) in [6.45, 7) is 17.5. The summed E-state index contributed by atoms with van der Waals surface area (Å²) in [4.78, 5) is 47.2. The van der Waals surface area contributed by atoms with Crippen LogP contribution in [-0.4, -0.2) is 40.8 Å². The molecule has 1 heterocycles. The molecule has 0 aromatic heterocycles. The molecular formula is C20H35NO6. The zero-order valence-electron chi connectivity index (χ0n) is 18.1. The van der Waals surface area contributed by atoms with Crippen LogP contribution in [0.15, 0.2) is 11.6 Å². The molecule has 0 saturated carbocycles. The van der Waals surface area contributed by atoms with Crippen LogP contribution in [0.2, 0.25) is 0 Å². The van der Waals surface area contributed by atoms with E-state index in [0.717, 1.165) is 4.90 Å². The molecule has 0 atom stereocenters. The summed E-state index contributed by atoms with van der Waals surface area (Å²) in [7, 11) is 0. The van der Waals surface area contributed by atoms with Crippen molar-refractivity contribution in [1.82, 2.24) is 4.90 Å². The van der Waals surface area contributed by atoms with Crippen LogP contribution in [0.5, 0.6) is 0 Å². The van der Waals surface area contributed by atoms with Crippen LogP contribution in [0.3, 0.4) is 0 Å². The molecule has 0 bridgehead atoms. The molecule has 0 spiro atoms. The van der Waals surface area contributed by atoms with Crippen molar-refractivity contribution in [3.05, 3.63) is 11.6 Å².